The van der Waals surface area contributed by atoms with Crippen LogP contribution in [0, 0.1) is 0 Å². The van der Waals surface area contributed by atoms with Gasteiger partial charge in [0.05, 0.1) is 22.5 Å². The largest absolute Gasteiger partial charge is 0.480 e. The van der Waals surface area contributed by atoms with E-state index in [4.69, 9.17) is 16.3 Å². The van der Waals surface area contributed by atoms with Crippen LogP contribution in [0.25, 0.3) is 10.9 Å². The molecule has 208 valence electrons. The molecule has 2 aromatic carbocycles. The standard InChI is InChI=1S/C28H28ClF3N2O4S/c1-33-21-9-8-18(28(30,31)32)14-20(21)23(25(35)34-11-10-27(16-34)24(39-27)26(36)37)22(33)7-2-3-12-38-15-17-5-4-6-19(29)13-17/h4-6,8-9,13-14,24H,2-3,7,10-12,15-16H2,1H3,(H,36,37)/t24-,27?/m0/s1. The molecule has 5 rings (SSSR count). The molecular weight excluding hydrogens is 553 g/mol. The number of unbranched alkanes of at least 4 members (excludes halogenated alkanes) is 1. The fourth-order valence-corrected chi connectivity index (χ4v) is 6.89. The smallest absolute Gasteiger partial charge is 0.416 e. The Morgan fingerprint density at radius 3 is 2.69 bits per heavy atom. The number of carboxylic acid groups (broad SMARTS) is 1. The molecule has 1 spiro atoms. The van der Waals surface area contributed by atoms with Crippen molar-refractivity contribution < 1.29 is 32.6 Å². The van der Waals surface area contributed by atoms with E-state index < -0.39 is 27.7 Å². The third kappa shape index (κ3) is 5.64. The van der Waals surface area contributed by atoms with E-state index in [0.29, 0.717) is 61.7 Å². The number of aryl methyl sites for hydroxylation is 1. The maximum absolute atomic E-state index is 13.8. The summed E-state index contributed by atoms with van der Waals surface area (Å²) in [6.07, 6.45) is -2.12. The summed E-state index contributed by atoms with van der Waals surface area (Å²) in [6, 6.07) is 10.9. The van der Waals surface area contributed by atoms with Crippen LogP contribution in [0.2, 0.25) is 5.02 Å². The molecule has 2 aliphatic rings. The van der Waals surface area contributed by atoms with E-state index in [1.54, 1.807) is 22.6 Å². The van der Waals surface area contributed by atoms with Crippen LogP contribution in [-0.2, 0) is 35.8 Å². The lowest BCUT2D eigenvalue weighted by Crippen LogP contribution is -2.32. The number of likely N-dealkylation sites (tertiary alicyclic amines) is 1. The number of amides is 1. The van der Waals surface area contributed by atoms with Crippen molar-refractivity contribution in [2.45, 2.75) is 48.5 Å². The second-order valence-electron chi connectivity index (χ2n) is 10.1. The van der Waals surface area contributed by atoms with E-state index in [9.17, 15) is 27.9 Å². The first-order chi connectivity index (χ1) is 18.5. The van der Waals surface area contributed by atoms with Crippen LogP contribution in [0.4, 0.5) is 13.2 Å². The number of aromatic nitrogens is 1. The zero-order valence-electron chi connectivity index (χ0n) is 21.3. The predicted octanol–water partition coefficient (Wildman–Crippen LogP) is 6.17. The minimum atomic E-state index is -4.54. The molecule has 11 heteroatoms. The summed E-state index contributed by atoms with van der Waals surface area (Å²) in [7, 11) is 1.76. The van der Waals surface area contributed by atoms with Gasteiger partial charge in [0, 0.05) is 48.4 Å². The van der Waals surface area contributed by atoms with Crippen molar-refractivity contribution in [2.75, 3.05) is 19.7 Å². The number of rotatable bonds is 9. The van der Waals surface area contributed by atoms with Gasteiger partial charge in [-0.25, -0.2) is 0 Å². The molecule has 0 saturated carbocycles. The monoisotopic (exact) mass is 580 g/mol. The Balaban J connectivity index is 1.34. The summed E-state index contributed by atoms with van der Waals surface area (Å²) in [5.74, 6) is -1.24. The zero-order chi connectivity index (χ0) is 27.9. The van der Waals surface area contributed by atoms with Gasteiger partial charge in [0.1, 0.15) is 5.25 Å². The van der Waals surface area contributed by atoms with Gasteiger partial charge in [-0.05, 0) is 61.6 Å². The number of fused-ring (bicyclic) bond motifs is 1. The summed E-state index contributed by atoms with van der Waals surface area (Å²) in [5, 5.41) is 9.76. The number of hydrogen-bond acceptors (Lipinski definition) is 4. The number of halogens is 4. The highest BCUT2D eigenvalue weighted by atomic mass is 35.5. The van der Waals surface area contributed by atoms with Gasteiger partial charge >= 0.3 is 12.1 Å². The Labute approximate surface area is 233 Å². The molecule has 2 atom stereocenters. The number of nitrogens with zero attached hydrogens (tertiary/aromatic N) is 2. The number of hydrogen-bond donors (Lipinski definition) is 1. The van der Waals surface area contributed by atoms with Crippen LogP contribution >= 0.6 is 23.4 Å². The van der Waals surface area contributed by atoms with Crippen LogP contribution in [-0.4, -0.2) is 56.1 Å². The summed E-state index contributed by atoms with van der Waals surface area (Å²) in [5.41, 5.74) is 1.65. The van der Waals surface area contributed by atoms with Gasteiger partial charge in [-0.1, -0.05) is 23.7 Å². The molecule has 3 aromatic rings. The fraction of sp³-hybridized carbons (Fsp3) is 0.429. The first kappa shape index (κ1) is 27.9. The molecule has 0 aliphatic carbocycles. The van der Waals surface area contributed by atoms with Crippen molar-refractivity contribution in [3.8, 4) is 0 Å². The number of carbonyl (C=O) groups excluding carboxylic acids is 1. The average Bonchev–Trinajstić information content (AvgIpc) is 3.31. The lowest BCUT2D eigenvalue weighted by Gasteiger charge is -2.18. The molecule has 1 N–H and O–H groups in total. The fourth-order valence-electron chi connectivity index (χ4n) is 5.44. The third-order valence-electron chi connectivity index (χ3n) is 7.52. The Kier molecular flexibility index (Phi) is 7.65. The number of benzene rings is 2. The number of alkyl halides is 3. The van der Waals surface area contributed by atoms with Crippen molar-refractivity contribution in [1.29, 1.82) is 0 Å². The summed E-state index contributed by atoms with van der Waals surface area (Å²) < 4.78 is 47.8. The van der Waals surface area contributed by atoms with Crippen LogP contribution in [0.1, 0.15) is 46.4 Å². The third-order valence-corrected chi connectivity index (χ3v) is 9.43. The van der Waals surface area contributed by atoms with E-state index in [-0.39, 0.29) is 23.4 Å². The molecule has 0 radical (unpaired) electrons. The summed E-state index contributed by atoms with van der Waals surface area (Å²) in [4.78, 5) is 26.9. The minimum Gasteiger partial charge on any atom is -0.480 e. The van der Waals surface area contributed by atoms with Gasteiger partial charge in [-0.3, -0.25) is 9.59 Å². The van der Waals surface area contributed by atoms with Crippen LogP contribution in [0.15, 0.2) is 42.5 Å². The maximum atomic E-state index is 13.8. The first-order valence-corrected chi connectivity index (χ1v) is 14.0. The Hall–Kier alpha value is -2.69. The second-order valence-corrected chi connectivity index (χ2v) is 12.1. The summed E-state index contributed by atoms with van der Waals surface area (Å²) >= 11 is 7.35. The van der Waals surface area contributed by atoms with E-state index in [0.717, 1.165) is 17.7 Å². The molecule has 2 saturated heterocycles. The van der Waals surface area contributed by atoms with Crippen molar-refractivity contribution in [2.24, 2.45) is 7.05 Å². The van der Waals surface area contributed by atoms with Gasteiger partial charge < -0.3 is 19.3 Å². The number of carbonyl (C=O) groups is 2. The van der Waals surface area contributed by atoms with E-state index >= 15 is 0 Å². The van der Waals surface area contributed by atoms with Crippen LogP contribution in [0.5, 0.6) is 0 Å². The van der Waals surface area contributed by atoms with Gasteiger partial charge in [-0.15, -0.1) is 11.8 Å². The van der Waals surface area contributed by atoms with E-state index in [1.165, 1.54) is 17.8 Å². The number of carboxylic acids is 1. The highest BCUT2D eigenvalue weighted by Gasteiger charge is 2.63. The van der Waals surface area contributed by atoms with Crippen molar-refractivity contribution in [3.63, 3.8) is 0 Å². The number of aliphatic carboxylic acids is 1. The molecule has 1 amide bonds. The highest BCUT2D eigenvalue weighted by Crippen LogP contribution is 2.59. The molecule has 2 fully saturated rings. The normalized spacial score (nSPS) is 20.7. The predicted molar refractivity (Wildman–Crippen MR) is 144 cm³/mol. The molecule has 2 aliphatic heterocycles. The maximum Gasteiger partial charge on any atom is 0.416 e. The van der Waals surface area contributed by atoms with Gasteiger partial charge in [0.25, 0.3) is 5.91 Å². The lowest BCUT2D eigenvalue weighted by atomic mass is 10.0. The number of ether oxygens (including phenoxy) is 1. The molecule has 0 bridgehead atoms. The second kappa shape index (κ2) is 10.7. The van der Waals surface area contributed by atoms with Crippen molar-refractivity contribution >= 4 is 46.1 Å². The van der Waals surface area contributed by atoms with Gasteiger partial charge in [0.2, 0.25) is 0 Å². The Morgan fingerprint density at radius 2 is 2.00 bits per heavy atom. The Morgan fingerprint density at radius 1 is 1.21 bits per heavy atom. The molecule has 1 aromatic heterocycles. The quantitative estimate of drug-likeness (QED) is 0.242. The topological polar surface area (TPSA) is 71.8 Å². The average molecular weight is 581 g/mol. The SMILES string of the molecule is Cn1c(CCCCOCc2cccc(Cl)c2)c(C(=O)N2CCC3(C2)S[C@H]3C(=O)O)c2cc(C(F)(F)F)ccc21. The molecule has 1 unspecified atom stereocenters. The number of thioether (sulfide) groups is 1. The van der Waals surface area contributed by atoms with Crippen molar-refractivity contribution in [3.05, 3.63) is 69.9 Å². The zero-order valence-corrected chi connectivity index (χ0v) is 22.8. The first-order valence-electron chi connectivity index (χ1n) is 12.7. The molecule has 39 heavy (non-hydrogen) atoms. The molecule has 3 heterocycles. The van der Waals surface area contributed by atoms with Crippen LogP contribution < -0.4 is 0 Å². The van der Waals surface area contributed by atoms with E-state index in [2.05, 4.69) is 0 Å². The molecule has 6 nitrogen and oxygen atoms in total. The van der Waals surface area contributed by atoms with Crippen molar-refractivity contribution in [1.82, 2.24) is 9.47 Å². The Bertz CT molecular complexity index is 1430. The van der Waals surface area contributed by atoms with Gasteiger partial charge in [0.15, 0.2) is 0 Å². The molecular formula is C28H28ClF3N2O4S. The lowest BCUT2D eigenvalue weighted by molar-refractivity contribution is -0.137. The minimum absolute atomic E-state index is 0.267. The van der Waals surface area contributed by atoms with Crippen LogP contribution in [0.3, 0.4) is 0 Å². The van der Waals surface area contributed by atoms with E-state index in [1.807, 2.05) is 18.2 Å². The highest BCUT2D eigenvalue weighted by molar-refractivity contribution is 8.09. The van der Waals surface area contributed by atoms with Gasteiger partial charge in [-0.2, -0.15) is 13.2 Å². The summed E-state index contributed by atoms with van der Waals surface area (Å²) in [6.45, 7) is 1.56.